The van der Waals surface area contributed by atoms with E-state index in [1.807, 2.05) is 0 Å². The lowest BCUT2D eigenvalue weighted by Gasteiger charge is -2.18. The molecule has 148 valence electrons. The minimum atomic E-state index is -0.679. The van der Waals surface area contributed by atoms with Crippen LogP contribution < -0.4 is 10.6 Å². The third kappa shape index (κ3) is 3.98. The molecule has 7 heteroatoms. The Balaban J connectivity index is 1.91. The molecule has 2 aromatic rings. The lowest BCUT2D eigenvalue weighted by Crippen LogP contribution is -2.37. The molecule has 1 aromatic heterocycles. The smallest absolute Gasteiger partial charge is 0.294 e. The number of hydrogen-bond acceptors (Lipinski definition) is 3. The van der Waals surface area contributed by atoms with Gasteiger partial charge in [-0.1, -0.05) is 0 Å². The third-order valence-corrected chi connectivity index (χ3v) is 4.77. The molecule has 0 atom stereocenters. The number of carbonyl (C=O) groups excluding carboxylic acids is 3. The molecule has 0 fully saturated rings. The van der Waals surface area contributed by atoms with Crippen LogP contribution in [0.4, 0.5) is 10.1 Å². The van der Waals surface area contributed by atoms with Gasteiger partial charge in [-0.25, -0.2) is 4.39 Å². The molecule has 3 rings (SSSR count). The van der Waals surface area contributed by atoms with Gasteiger partial charge in [0, 0.05) is 24.0 Å². The standard InChI is InChI=1S/C21H24FN3O3/c1-12(2)23-21(28)19(26)18-11-15(17-6-4-5-9-25(17)18)20(27)24-14-7-8-16(22)13(3)10-14/h7-8,10-12H,4-6,9H2,1-3H3,(H,23,28)(H,24,27). The number of nitrogens with zero attached hydrogens (tertiary/aromatic N) is 1. The zero-order chi connectivity index (χ0) is 20.4. The van der Waals surface area contributed by atoms with Crippen molar-refractivity contribution in [2.45, 2.75) is 52.6 Å². The Morgan fingerprint density at radius 1 is 1.14 bits per heavy atom. The van der Waals surface area contributed by atoms with Crippen LogP contribution in [0.3, 0.4) is 0 Å². The van der Waals surface area contributed by atoms with E-state index in [4.69, 9.17) is 0 Å². The molecule has 2 N–H and O–H groups in total. The average Bonchev–Trinajstić information content (AvgIpc) is 3.03. The molecule has 2 amide bonds. The van der Waals surface area contributed by atoms with E-state index in [0.717, 1.165) is 18.5 Å². The summed E-state index contributed by atoms with van der Waals surface area (Å²) in [5.74, 6) is -2.04. The van der Waals surface area contributed by atoms with Gasteiger partial charge in [0.1, 0.15) is 5.82 Å². The summed E-state index contributed by atoms with van der Waals surface area (Å²) < 4.78 is 15.2. The number of ketones is 1. The minimum Gasteiger partial charge on any atom is -0.347 e. The van der Waals surface area contributed by atoms with Gasteiger partial charge >= 0.3 is 0 Å². The van der Waals surface area contributed by atoms with Gasteiger partial charge in [0.25, 0.3) is 17.6 Å². The van der Waals surface area contributed by atoms with Gasteiger partial charge in [0.15, 0.2) is 0 Å². The number of aryl methyl sites for hydroxylation is 1. The van der Waals surface area contributed by atoms with E-state index >= 15 is 0 Å². The number of aromatic nitrogens is 1. The average molecular weight is 385 g/mol. The van der Waals surface area contributed by atoms with Gasteiger partial charge in [-0.2, -0.15) is 0 Å². The van der Waals surface area contributed by atoms with E-state index in [-0.39, 0.29) is 23.5 Å². The zero-order valence-corrected chi connectivity index (χ0v) is 16.3. The van der Waals surface area contributed by atoms with Crippen LogP contribution in [-0.4, -0.2) is 28.2 Å². The highest BCUT2D eigenvalue weighted by Gasteiger charge is 2.28. The summed E-state index contributed by atoms with van der Waals surface area (Å²) >= 11 is 0. The van der Waals surface area contributed by atoms with E-state index in [1.54, 1.807) is 31.4 Å². The number of carbonyl (C=O) groups is 3. The van der Waals surface area contributed by atoms with Crippen LogP contribution in [0.5, 0.6) is 0 Å². The summed E-state index contributed by atoms with van der Waals surface area (Å²) in [6.07, 6.45) is 2.45. The van der Waals surface area contributed by atoms with Crippen molar-refractivity contribution >= 4 is 23.3 Å². The van der Waals surface area contributed by atoms with Crippen molar-refractivity contribution in [3.05, 3.63) is 52.6 Å². The summed E-state index contributed by atoms with van der Waals surface area (Å²) in [7, 11) is 0. The molecule has 28 heavy (non-hydrogen) atoms. The number of fused-ring (bicyclic) bond motifs is 1. The first-order valence-corrected chi connectivity index (χ1v) is 9.43. The van der Waals surface area contributed by atoms with Crippen LogP contribution in [0.2, 0.25) is 0 Å². The number of amides is 2. The highest BCUT2D eigenvalue weighted by molar-refractivity contribution is 6.42. The highest BCUT2D eigenvalue weighted by atomic mass is 19.1. The fourth-order valence-electron chi connectivity index (χ4n) is 3.43. The molecule has 6 nitrogen and oxygen atoms in total. The van der Waals surface area contributed by atoms with Crippen molar-refractivity contribution in [2.24, 2.45) is 0 Å². The number of benzene rings is 1. The Labute approximate surface area is 163 Å². The van der Waals surface area contributed by atoms with Gasteiger partial charge in [0.2, 0.25) is 0 Å². The Hall–Kier alpha value is -2.96. The lowest BCUT2D eigenvalue weighted by molar-refractivity contribution is -0.117. The Morgan fingerprint density at radius 2 is 1.89 bits per heavy atom. The fraction of sp³-hybridized carbons (Fsp3) is 0.381. The van der Waals surface area contributed by atoms with E-state index in [0.29, 0.717) is 29.8 Å². The molecule has 0 saturated carbocycles. The topological polar surface area (TPSA) is 80.2 Å². The second kappa shape index (κ2) is 7.96. The minimum absolute atomic E-state index is 0.156. The van der Waals surface area contributed by atoms with Crippen LogP contribution in [0.15, 0.2) is 24.3 Å². The van der Waals surface area contributed by atoms with Gasteiger partial charge in [-0.3, -0.25) is 14.4 Å². The molecule has 0 bridgehead atoms. The number of Topliss-reactive ketones (excluding diaryl/α,β-unsaturated/α-hetero) is 1. The SMILES string of the molecule is Cc1cc(NC(=O)c2cc(C(=O)C(=O)NC(C)C)n3c2CCCC3)ccc1F. The molecule has 1 aromatic carbocycles. The van der Waals surface area contributed by atoms with E-state index in [9.17, 15) is 18.8 Å². The third-order valence-electron chi connectivity index (χ3n) is 4.77. The largest absolute Gasteiger partial charge is 0.347 e. The van der Waals surface area contributed by atoms with Crippen LogP contribution in [0.25, 0.3) is 0 Å². The molecular formula is C21H24FN3O3. The molecule has 0 saturated heterocycles. The normalized spacial score (nSPS) is 13.2. The maximum absolute atomic E-state index is 13.5. The summed E-state index contributed by atoms with van der Waals surface area (Å²) in [5, 5.41) is 5.36. The van der Waals surface area contributed by atoms with Crippen LogP contribution >= 0.6 is 0 Å². The van der Waals surface area contributed by atoms with Crippen molar-refractivity contribution in [3.63, 3.8) is 0 Å². The molecule has 0 aliphatic carbocycles. The number of hydrogen-bond donors (Lipinski definition) is 2. The Bertz CT molecular complexity index is 947. The first kappa shape index (κ1) is 19.8. The van der Waals surface area contributed by atoms with Crippen molar-refractivity contribution in [2.75, 3.05) is 5.32 Å². The van der Waals surface area contributed by atoms with Crippen LogP contribution in [0.1, 0.15) is 58.8 Å². The molecule has 1 aliphatic heterocycles. The maximum Gasteiger partial charge on any atom is 0.294 e. The number of anilines is 1. The molecule has 0 radical (unpaired) electrons. The summed E-state index contributed by atoms with van der Waals surface area (Å²) in [6, 6.07) is 5.68. The molecule has 2 heterocycles. The molecule has 0 spiro atoms. The van der Waals surface area contributed by atoms with Gasteiger partial charge in [0.05, 0.1) is 11.3 Å². The second-order valence-corrected chi connectivity index (χ2v) is 7.37. The lowest BCUT2D eigenvalue weighted by atomic mass is 10.1. The van der Waals surface area contributed by atoms with Gasteiger partial charge in [-0.15, -0.1) is 0 Å². The van der Waals surface area contributed by atoms with E-state index in [2.05, 4.69) is 10.6 Å². The molecule has 0 unspecified atom stereocenters. The molecule has 1 aliphatic rings. The van der Waals surface area contributed by atoms with Crippen molar-refractivity contribution in [1.29, 1.82) is 0 Å². The van der Waals surface area contributed by atoms with Crippen molar-refractivity contribution < 1.29 is 18.8 Å². The van der Waals surface area contributed by atoms with Crippen LogP contribution in [0, 0.1) is 12.7 Å². The summed E-state index contributed by atoms with van der Waals surface area (Å²) in [4.78, 5) is 37.6. The van der Waals surface area contributed by atoms with Crippen LogP contribution in [-0.2, 0) is 17.8 Å². The predicted octanol–water partition coefficient (Wildman–Crippen LogP) is 3.23. The first-order chi connectivity index (χ1) is 13.3. The maximum atomic E-state index is 13.5. The monoisotopic (exact) mass is 385 g/mol. The van der Waals surface area contributed by atoms with Crippen molar-refractivity contribution in [3.8, 4) is 0 Å². The first-order valence-electron chi connectivity index (χ1n) is 9.43. The fourth-order valence-corrected chi connectivity index (χ4v) is 3.43. The Kier molecular flexibility index (Phi) is 5.63. The van der Waals surface area contributed by atoms with E-state index < -0.39 is 11.7 Å². The number of nitrogens with one attached hydrogen (secondary N) is 2. The summed E-state index contributed by atoms with van der Waals surface area (Å²) in [5.41, 5.74) is 2.27. The predicted molar refractivity (Wildman–Crippen MR) is 104 cm³/mol. The quantitative estimate of drug-likeness (QED) is 0.613. The zero-order valence-electron chi connectivity index (χ0n) is 16.3. The second-order valence-electron chi connectivity index (χ2n) is 7.37. The highest BCUT2D eigenvalue weighted by Crippen LogP contribution is 2.25. The number of halogens is 1. The molecular weight excluding hydrogens is 361 g/mol. The van der Waals surface area contributed by atoms with Gasteiger partial charge < -0.3 is 15.2 Å². The number of rotatable bonds is 5. The van der Waals surface area contributed by atoms with Gasteiger partial charge in [-0.05, 0) is 69.9 Å². The Morgan fingerprint density at radius 3 is 2.57 bits per heavy atom. The van der Waals surface area contributed by atoms with E-state index in [1.165, 1.54) is 18.2 Å². The van der Waals surface area contributed by atoms with Crippen molar-refractivity contribution in [1.82, 2.24) is 9.88 Å². The summed E-state index contributed by atoms with van der Waals surface area (Å²) in [6.45, 7) is 5.77.